The minimum Gasteiger partial charge on any atom is -0.394 e. The zero-order valence-corrected chi connectivity index (χ0v) is 7.01. The van der Waals surface area contributed by atoms with Crippen LogP contribution in [0.2, 0.25) is 0 Å². The van der Waals surface area contributed by atoms with Crippen molar-refractivity contribution in [2.24, 2.45) is 0 Å². The standard InChI is InChI=1S/C9H10N4/c10-8-6-13(12-9(8)11)7-4-2-1-3-5-7/h1-6H,10H2,(H2,11,12). The number of hydrogen-bond acceptors (Lipinski definition) is 3. The van der Waals surface area contributed by atoms with E-state index in [1.54, 1.807) is 10.9 Å². The van der Waals surface area contributed by atoms with Crippen LogP contribution in [0, 0.1) is 0 Å². The fourth-order valence-electron chi connectivity index (χ4n) is 1.11. The first kappa shape index (κ1) is 7.67. The van der Waals surface area contributed by atoms with Crippen molar-refractivity contribution in [2.75, 3.05) is 11.5 Å². The SMILES string of the molecule is Nc1cn(-c2ccccc2)nc1N. The Labute approximate surface area is 75.8 Å². The smallest absolute Gasteiger partial charge is 0.169 e. The summed E-state index contributed by atoms with van der Waals surface area (Å²) in [7, 11) is 0. The van der Waals surface area contributed by atoms with Crippen LogP contribution in [0.1, 0.15) is 0 Å². The number of nitrogen functional groups attached to an aromatic ring is 2. The summed E-state index contributed by atoms with van der Waals surface area (Å²) >= 11 is 0. The molecule has 0 atom stereocenters. The van der Waals surface area contributed by atoms with E-state index in [1.165, 1.54) is 0 Å². The molecule has 0 unspecified atom stereocenters. The van der Waals surface area contributed by atoms with Gasteiger partial charge in [-0.3, -0.25) is 0 Å². The van der Waals surface area contributed by atoms with E-state index in [1.807, 2.05) is 30.3 Å². The van der Waals surface area contributed by atoms with Crippen LogP contribution < -0.4 is 11.5 Å². The second kappa shape index (κ2) is 2.82. The first-order valence-electron chi connectivity index (χ1n) is 3.93. The Hall–Kier alpha value is -1.97. The normalized spacial score (nSPS) is 10.2. The second-order valence-corrected chi connectivity index (χ2v) is 2.75. The van der Waals surface area contributed by atoms with Crippen LogP contribution in [-0.2, 0) is 0 Å². The number of benzene rings is 1. The fourth-order valence-corrected chi connectivity index (χ4v) is 1.11. The Morgan fingerprint density at radius 1 is 1.08 bits per heavy atom. The van der Waals surface area contributed by atoms with Gasteiger partial charge < -0.3 is 11.5 Å². The molecule has 0 fully saturated rings. The van der Waals surface area contributed by atoms with Gasteiger partial charge in [-0.1, -0.05) is 18.2 Å². The number of anilines is 2. The lowest BCUT2D eigenvalue weighted by Crippen LogP contribution is -1.95. The Bertz CT molecular complexity index is 385. The summed E-state index contributed by atoms with van der Waals surface area (Å²) in [6, 6.07) is 9.68. The third kappa shape index (κ3) is 1.33. The Morgan fingerprint density at radius 3 is 2.31 bits per heavy atom. The molecule has 0 amide bonds. The lowest BCUT2D eigenvalue weighted by Gasteiger charge is -1.98. The van der Waals surface area contributed by atoms with Crippen LogP contribution in [-0.4, -0.2) is 9.78 Å². The summed E-state index contributed by atoms with van der Waals surface area (Å²) in [6.07, 6.45) is 1.70. The lowest BCUT2D eigenvalue weighted by molar-refractivity contribution is 0.886. The molecule has 4 nitrogen and oxygen atoms in total. The number of para-hydroxylation sites is 1. The third-order valence-corrected chi connectivity index (χ3v) is 1.79. The maximum Gasteiger partial charge on any atom is 0.169 e. The van der Waals surface area contributed by atoms with Gasteiger partial charge in [-0.05, 0) is 12.1 Å². The van der Waals surface area contributed by atoms with E-state index >= 15 is 0 Å². The predicted molar refractivity (Wildman–Crippen MR) is 52.4 cm³/mol. The van der Waals surface area contributed by atoms with Gasteiger partial charge in [0.05, 0.1) is 17.6 Å². The van der Waals surface area contributed by atoms with E-state index in [4.69, 9.17) is 11.5 Å². The van der Waals surface area contributed by atoms with Gasteiger partial charge in [-0.15, -0.1) is 5.10 Å². The summed E-state index contributed by atoms with van der Waals surface area (Å²) in [6.45, 7) is 0. The molecule has 0 radical (unpaired) electrons. The number of nitrogens with zero attached hydrogens (tertiary/aromatic N) is 2. The molecular weight excluding hydrogens is 164 g/mol. The Morgan fingerprint density at radius 2 is 1.77 bits per heavy atom. The lowest BCUT2D eigenvalue weighted by atomic mass is 10.3. The predicted octanol–water partition coefficient (Wildman–Crippen LogP) is 1.04. The van der Waals surface area contributed by atoms with Crippen molar-refractivity contribution in [1.29, 1.82) is 0 Å². The molecular formula is C9H10N4. The van der Waals surface area contributed by atoms with E-state index < -0.39 is 0 Å². The second-order valence-electron chi connectivity index (χ2n) is 2.75. The number of aromatic nitrogens is 2. The highest BCUT2D eigenvalue weighted by Gasteiger charge is 2.01. The first-order chi connectivity index (χ1) is 6.27. The number of hydrogen-bond donors (Lipinski definition) is 2. The van der Waals surface area contributed by atoms with Crippen LogP contribution in [0.5, 0.6) is 0 Å². The average Bonchev–Trinajstić information content (AvgIpc) is 2.49. The third-order valence-electron chi connectivity index (χ3n) is 1.79. The molecule has 0 saturated heterocycles. The molecule has 4 heteroatoms. The minimum atomic E-state index is 0.365. The van der Waals surface area contributed by atoms with Gasteiger partial charge in [-0.2, -0.15) is 0 Å². The maximum atomic E-state index is 5.57. The van der Waals surface area contributed by atoms with Gasteiger partial charge in [0.15, 0.2) is 5.82 Å². The van der Waals surface area contributed by atoms with Crippen LogP contribution >= 0.6 is 0 Å². The highest BCUT2D eigenvalue weighted by molar-refractivity contribution is 5.57. The molecule has 0 aliphatic heterocycles. The highest BCUT2D eigenvalue weighted by atomic mass is 15.3. The molecule has 4 N–H and O–H groups in total. The van der Waals surface area contributed by atoms with Crippen molar-refractivity contribution in [1.82, 2.24) is 9.78 Å². The van der Waals surface area contributed by atoms with Crippen molar-refractivity contribution >= 4 is 11.5 Å². The maximum absolute atomic E-state index is 5.57. The van der Waals surface area contributed by atoms with Gasteiger partial charge in [0.2, 0.25) is 0 Å². The zero-order valence-electron chi connectivity index (χ0n) is 7.01. The highest BCUT2D eigenvalue weighted by Crippen LogP contribution is 2.14. The summed E-state index contributed by atoms with van der Waals surface area (Å²) < 4.78 is 1.66. The molecule has 13 heavy (non-hydrogen) atoms. The summed E-state index contributed by atoms with van der Waals surface area (Å²) in [5.41, 5.74) is 12.5. The van der Waals surface area contributed by atoms with Gasteiger partial charge in [0.25, 0.3) is 0 Å². The molecule has 0 aliphatic rings. The van der Waals surface area contributed by atoms with Crippen LogP contribution in [0.3, 0.4) is 0 Å². The van der Waals surface area contributed by atoms with Crippen molar-refractivity contribution in [2.45, 2.75) is 0 Å². The minimum absolute atomic E-state index is 0.365. The topological polar surface area (TPSA) is 69.9 Å². The van der Waals surface area contributed by atoms with E-state index in [-0.39, 0.29) is 0 Å². The number of nitrogens with two attached hydrogens (primary N) is 2. The van der Waals surface area contributed by atoms with Crippen molar-refractivity contribution < 1.29 is 0 Å². The van der Waals surface area contributed by atoms with Crippen LogP contribution in [0.25, 0.3) is 5.69 Å². The molecule has 0 saturated carbocycles. The van der Waals surface area contributed by atoms with Gasteiger partial charge in [0.1, 0.15) is 0 Å². The molecule has 1 aromatic carbocycles. The van der Waals surface area contributed by atoms with Gasteiger partial charge in [0, 0.05) is 0 Å². The molecule has 66 valence electrons. The summed E-state index contributed by atoms with van der Waals surface area (Å²) in [5.74, 6) is 0.365. The first-order valence-corrected chi connectivity index (χ1v) is 3.93. The molecule has 0 bridgehead atoms. The summed E-state index contributed by atoms with van der Waals surface area (Å²) in [4.78, 5) is 0. The summed E-state index contributed by atoms with van der Waals surface area (Å²) in [5, 5.41) is 4.05. The van der Waals surface area contributed by atoms with E-state index in [0.29, 0.717) is 11.5 Å². The van der Waals surface area contributed by atoms with Gasteiger partial charge >= 0.3 is 0 Å². The van der Waals surface area contributed by atoms with E-state index in [0.717, 1.165) is 5.69 Å². The average molecular weight is 174 g/mol. The van der Waals surface area contributed by atoms with E-state index in [2.05, 4.69) is 5.10 Å². The Balaban J connectivity index is 2.48. The molecule has 1 heterocycles. The number of rotatable bonds is 1. The van der Waals surface area contributed by atoms with Crippen LogP contribution in [0.15, 0.2) is 36.5 Å². The fraction of sp³-hybridized carbons (Fsp3) is 0. The van der Waals surface area contributed by atoms with Crippen molar-refractivity contribution in [3.8, 4) is 5.69 Å². The molecule has 2 aromatic rings. The molecule has 2 rings (SSSR count). The van der Waals surface area contributed by atoms with Crippen molar-refractivity contribution in [3.05, 3.63) is 36.5 Å². The molecule has 0 aliphatic carbocycles. The molecule has 0 spiro atoms. The largest absolute Gasteiger partial charge is 0.394 e. The Kier molecular flexibility index (Phi) is 1.66. The van der Waals surface area contributed by atoms with E-state index in [9.17, 15) is 0 Å². The van der Waals surface area contributed by atoms with Crippen LogP contribution in [0.4, 0.5) is 11.5 Å². The molecule has 1 aromatic heterocycles. The zero-order chi connectivity index (χ0) is 9.26. The monoisotopic (exact) mass is 174 g/mol. The van der Waals surface area contributed by atoms with Gasteiger partial charge in [-0.25, -0.2) is 4.68 Å². The van der Waals surface area contributed by atoms with Crippen molar-refractivity contribution in [3.63, 3.8) is 0 Å². The quantitative estimate of drug-likeness (QED) is 0.678.